The van der Waals surface area contributed by atoms with E-state index in [9.17, 15) is 9.59 Å². The van der Waals surface area contributed by atoms with Crippen molar-refractivity contribution in [3.63, 3.8) is 0 Å². The molecule has 2 bridgehead atoms. The van der Waals surface area contributed by atoms with Gasteiger partial charge in [-0.1, -0.05) is 18.2 Å². The van der Waals surface area contributed by atoms with Gasteiger partial charge in [-0.15, -0.1) is 0 Å². The molecule has 0 spiro atoms. The number of carbonyl (C=O) groups excluding carboxylic acids is 2. The number of ether oxygens (including phenoxy) is 1. The van der Waals surface area contributed by atoms with E-state index in [1.807, 2.05) is 18.2 Å². The molecule has 4 rings (SSSR count). The quantitative estimate of drug-likeness (QED) is 0.590. The van der Waals surface area contributed by atoms with Gasteiger partial charge in [0.25, 0.3) is 0 Å². The van der Waals surface area contributed by atoms with Gasteiger partial charge in [-0.25, -0.2) is 4.79 Å². The zero-order chi connectivity index (χ0) is 12.6. The minimum Gasteiger partial charge on any atom is -0.462 e. The second kappa shape index (κ2) is 3.94. The van der Waals surface area contributed by atoms with Crippen LogP contribution in [0.5, 0.6) is 0 Å². The fourth-order valence-corrected chi connectivity index (χ4v) is 3.49. The van der Waals surface area contributed by atoms with E-state index in [-0.39, 0.29) is 11.4 Å². The zero-order valence-electron chi connectivity index (χ0n) is 10.2. The van der Waals surface area contributed by atoms with Crippen LogP contribution in [0.2, 0.25) is 0 Å². The summed E-state index contributed by atoms with van der Waals surface area (Å²) in [7, 11) is 0. The first-order valence-electron chi connectivity index (χ1n) is 6.36. The van der Waals surface area contributed by atoms with Crippen LogP contribution in [-0.2, 0) is 9.53 Å². The number of aldehydes is 1. The van der Waals surface area contributed by atoms with Gasteiger partial charge in [0.2, 0.25) is 0 Å². The Morgan fingerprint density at radius 1 is 1.22 bits per heavy atom. The molecule has 3 aliphatic rings. The second-order valence-electron chi connectivity index (χ2n) is 5.76. The number of benzene rings is 1. The maximum absolute atomic E-state index is 11.7. The molecule has 1 aromatic carbocycles. The molecule has 0 aliphatic heterocycles. The Labute approximate surface area is 106 Å². The molecular formula is C15H16O3. The van der Waals surface area contributed by atoms with Crippen molar-refractivity contribution in [1.82, 2.24) is 0 Å². The van der Waals surface area contributed by atoms with Crippen molar-refractivity contribution < 1.29 is 14.3 Å². The van der Waals surface area contributed by atoms with Crippen molar-refractivity contribution in [2.24, 2.45) is 10.8 Å². The summed E-state index contributed by atoms with van der Waals surface area (Å²) in [5, 5.41) is 0. The van der Waals surface area contributed by atoms with Crippen LogP contribution in [0.25, 0.3) is 0 Å². The summed E-state index contributed by atoms with van der Waals surface area (Å²) in [6.07, 6.45) is 4.97. The van der Waals surface area contributed by atoms with E-state index in [1.54, 1.807) is 12.1 Å². The lowest BCUT2D eigenvalue weighted by atomic mass is 9.35. The van der Waals surface area contributed by atoms with E-state index >= 15 is 0 Å². The first-order valence-corrected chi connectivity index (χ1v) is 6.36. The highest BCUT2D eigenvalue weighted by molar-refractivity contribution is 5.89. The standard InChI is InChI=1S/C15H16O3/c16-11-15-8-14(9-15,10-15)6-7-18-13(17)12-4-2-1-3-5-12/h1-5,11H,6-10H2. The fourth-order valence-electron chi connectivity index (χ4n) is 3.49. The number of esters is 1. The maximum Gasteiger partial charge on any atom is 0.338 e. The van der Waals surface area contributed by atoms with Crippen LogP contribution in [0.4, 0.5) is 0 Å². The van der Waals surface area contributed by atoms with Gasteiger partial charge in [-0.3, -0.25) is 0 Å². The lowest BCUT2D eigenvalue weighted by Gasteiger charge is -2.68. The molecule has 1 aromatic rings. The summed E-state index contributed by atoms with van der Waals surface area (Å²) in [6.45, 7) is 0.461. The van der Waals surface area contributed by atoms with Crippen molar-refractivity contribution in [2.45, 2.75) is 25.7 Å². The minimum absolute atomic E-state index is 0.00341. The highest BCUT2D eigenvalue weighted by Crippen LogP contribution is 2.73. The van der Waals surface area contributed by atoms with Crippen molar-refractivity contribution >= 4 is 12.3 Å². The molecule has 0 aromatic heterocycles. The van der Waals surface area contributed by atoms with Gasteiger partial charge in [0.1, 0.15) is 6.29 Å². The average molecular weight is 244 g/mol. The van der Waals surface area contributed by atoms with E-state index in [4.69, 9.17) is 4.74 Å². The average Bonchev–Trinajstić information content (AvgIpc) is 2.31. The monoisotopic (exact) mass is 244 g/mol. The summed E-state index contributed by atoms with van der Waals surface area (Å²) in [5.74, 6) is -0.257. The molecule has 3 saturated carbocycles. The first-order chi connectivity index (χ1) is 8.67. The van der Waals surface area contributed by atoms with E-state index in [0.717, 1.165) is 32.0 Å². The molecule has 3 aliphatic carbocycles. The van der Waals surface area contributed by atoms with Crippen LogP contribution in [-0.4, -0.2) is 18.9 Å². The number of hydrogen-bond acceptors (Lipinski definition) is 3. The summed E-state index contributed by atoms with van der Waals surface area (Å²) in [6, 6.07) is 9.03. The molecule has 0 amide bonds. The smallest absolute Gasteiger partial charge is 0.338 e. The van der Waals surface area contributed by atoms with E-state index in [0.29, 0.717) is 17.6 Å². The molecule has 0 radical (unpaired) electrons. The Balaban J connectivity index is 1.44. The number of hydrogen-bond donors (Lipinski definition) is 0. The van der Waals surface area contributed by atoms with Crippen LogP contribution in [0.1, 0.15) is 36.0 Å². The molecule has 3 heteroatoms. The summed E-state index contributed by atoms with van der Waals surface area (Å²) in [4.78, 5) is 22.5. The Morgan fingerprint density at radius 2 is 1.89 bits per heavy atom. The van der Waals surface area contributed by atoms with Crippen LogP contribution >= 0.6 is 0 Å². The summed E-state index contributed by atoms with van der Waals surface area (Å²) >= 11 is 0. The normalized spacial score (nSPS) is 32.0. The van der Waals surface area contributed by atoms with Crippen LogP contribution < -0.4 is 0 Å². The number of rotatable bonds is 5. The highest BCUT2D eigenvalue weighted by Gasteiger charge is 2.67. The molecule has 0 N–H and O–H groups in total. The molecule has 0 saturated heterocycles. The van der Waals surface area contributed by atoms with Gasteiger partial charge < -0.3 is 9.53 Å². The van der Waals surface area contributed by atoms with Gasteiger partial charge in [-0.2, -0.15) is 0 Å². The molecule has 0 unspecified atom stereocenters. The molecule has 18 heavy (non-hydrogen) atoms. The van der Waals surface area contributed by atoms with Gasteiger partial charge in [-0.05, 0) is 43.2 Å². The molecule has 0 atom stereocenters. The van der Waals surface area contributed by atoms with Crippen LogP contribution in [0.15, 0.2) is 30.3 Å². The highest BCUT2D eigenvalue weighted by atomic mass is 16.5. The van der Waals surface area contributed by atoms with E-state index in [2.05, 4.69) is 0 Å². The van der Waals surface area contributed by atoms with Crippen molar-refractivity contribution in [1.29, 1.82) is 0 Å². The Bertz CT molecular complexity index is 458. The zero-order valence-corrected chi connectivity index (χ0v) is 10.2. The summed E-state index contributed by atoms with van der Waals surface area (Å²) < 4.78 is 5.26. The van der Waals surface area contributed by atoms with Gasteiger partial charge >= 0.3 is 5.97 Å². The van der Waals surface area contributed by atoms with Crippen molar-refractivity contribution in [2.75, 3.05) is 6.61 Å². The lowest BCUT2D eigenvalue weighted by Crippen LogP contribution is -2.62. The van der Waals surface area contributed by atoms with E-state index in [1.165, 1.54) is 0 Å². The molecular weight excluding hydrogens is 228 g/mol. The minimum atomic E-state index is -0.257. The van der Waals surface area contributed by atoms with Gasteiger partial charge in [0.05, 0.1) is 12.2 Å². The third kappa shape index (κ3) is 1.74. The predicted molar refractivity (Wildman–Crippen MR) is 66.1 cm³/mol. The van der Waals surface area contributed by atoms with Crippen molar-refractivity contribution in [3.05, 3.63) is 35.9 Å². The number of carbonyl (C=O) groups is 2. The Hall–Kier alpha value is -1.64. The van der Waals surface area contributed by atoms with Crippen LogP contribution in [0.3, 0.4) is 0 Å². The largest absolute Gasteiger partial charge is 0.462 e. The van der Waals surface area contributed by atoms with Gasteiger partial charge in [0.15, 0.2) is 0 Å². The maximum atomic E-state index is 11.7. The summed E-state index contributed by atoms with van der Waals surface area (Å²) in [5.41, 5.74) is 0.904. The molecule has 3 nitrogen and oxygen atoms in total. The lowest BCUT2D eigenvalue weighted by molar-refractivity contribution is -0.199. The van der Waals surface area contributed by atoms with Gasteiger partial charge in [0, 0.05) is 5.41 Å². The topological polar surface area (TPSA) is 43.4 Å². The third-order valence-corrected chi connectivity index (χ3v) is 4.31. The van der Waals surface area contributed by atoms with E-state index < -0.39 is 0 Å². The molecule has 94 valence electrons. The predicted octanol–water partition coefficient (Wildman–Crippen LogP) is 2.60. The fraction of sp³-hybridized carbons (Fsp3) is 0.467. The van der Waals surface area contributed by atoms with Crippen molar-refractivity contribution in [3.8, 4) is 0 Å². The molecule has 0 heterocycles. The van der Waals surface area contributed by atoms with Crippen LogP contribution in [0, 0.1) is 10.8 Å². The first kappa shape index (κ1) is 11.5. The second-order valence-corrected chi connectivity index (χ2v) is 5.76. The Kier molecular flexibility index (Phi) is 2.51. The molecule has 3 fully saturated rings. The third-order valence-electron chi connectivity index (χ3n) is 4.31. The Morgan fingerprint density at radius 3 is 2.50 bits per heavy atom. The SMILES string of the molecule is O=CC12CC(CCOC(=O)c3ccccc3)(C1)C2.